The third kappa shape index (κ3) is 3.89. The van der Waals surface area contributed by atoms with Crippen molar-refractivity contribution in [3.8, 4) is 0 Å². The maximum absolute atomic E-state index is 12.3. The van der Waals surface area contributed by atoms with E-state index in [2.05, 4.69) is 5.32 Å². The first-order valence-electron chi connectivity index (χ1n) is 7.97. The molecule has 10 heteroatoms. The van der Waals surface area contributed by atoms with Crippen molar-refractivity contribution in [2.45, 2.75) is 12.8 Å². The van der Waals surface area contributed by atoms with Crippen LogP contribution < -0.4 is 10.2 Å². The number of amides is 2. The van der Waals surface area contributed by atoms with Gasteiger partial charge in [0.05, 0.1) is 9.85 Å². The van der Waals surface area contributed by atoms with Crippen LogP contribution in [0.1, 0.15) is 12.0 Å². The molecule has 0 fully saturated rings. The van der Waals surface area contributed by atoms with E-state index in [0.717, 1.165) is 0 Å². The minimum absolute atomic E-state index is 0.0795. The highest BCUT2D eigenvalue weighted by atomic mass is 16.6. The monoisotopic (exact) mass is 370 g/mol. The summed E-state index contributed by atoms with van der Waals surface area (Å²) < 4.78 is 0. The SMILES string of the molecule is O=C(CN1C(=O)CCc2cc([N+](=O)[O-])ccc21)Nc1cccc([N+](=O)[O-])c1. The maximum Gasteiger partial charge on any atom is 0.271 e. The smallest absolute Gasteiger partial charge is 0.271 e. The molecule has 0 aliphatic carbocycles. The van der Waals surface area contributed by atoms with Crippen molar-refractivity contribution in [1.82, 2.24) is 0 Å². The van der Waals surface area contributed by atoms with E-state index in [-0.39, 0.29) is 35.9 Å². The number of rotatable bonds is 5. The van der Waals surface area contributed by atoms with Crippen LogP contribution in [0, 0.1) is 20.2 Å². The zero-order valence-corrected chi connectivity index (χ0v) is 14.0. The summed E-state index contributed by atoms with van der Waals surface area (Å²) in [5, 5.41) is 24.2. The van der Waals surface area contributed by atoms with Crippen LogP contribution in [0.3, 0.4) is 0 Å². The molecule has 1 N–H and O–H groups in total. The van der Waals surface area contributed by atoms with Crippen LogP contribution in [-0.2, 0) is 16.0 Å². The van der Waals surface area contributed by atoms with E-state index in [4.69, 9.17) is 0 Å². The van der Waals surface area contributed by atoms with E-state index in [1.165, 1.54) is 47.4 Å². The lowest BCUT2D eigenvalue weighted by Gasteiger charge is -2.28. The van der Waals surface area contributed by atoms with Gasteiger partial charge in [-0.3, -0.25) is 29.8 Å². The lowest BCUT2D eigenvalue weighted by molar-refractivity contribution is -0.385. The molecule has 27 heavy (non-hydrogen) atoms. The number of fused-ring (bicyclic) bond motifs is 1. The van der Waals surface area contributed by atoms with Gasteiger partial charge in [0.15, 0.2) is 0 Å². The number of carbonyl (C=O) groups excluding carboxylic acids is 2. The quantitative estimate of drug-likeness (QED) is 0.634. The number of nitro benzene ring substituents is 2. The average Bonchev–Trinajstić information content (AvgIpc) is 2.63. The third-order valence-corrected chi connectivity index (χ3v) is 4.12. The predicted molar refractivity (Wildman–Crippen MR) is 95.5 cm³/mol. The molecule has 0 unspecified atom stereocenters. The molecule has 1 aliphatic rings. The second-order valence-electron chi connectivity index (χ2n) is 5.91. The lowest BCUT2D eigenvalue weighted by atomic mass is 10.0. The number of nitro groups is 2. The Morgan fingerprint density at radius 3 is 2.44 bits per heavy atom. The average molecular weight is 370 g/mol. The van der Waals surface area contributed by atoms with E-state index < -0.39 is 15.8 Å². The molecule has 3 rings (SSSR count). The summed E-state index contributed by atoms with van der Waals surface area (Å²) in [6.45, 7) is -0.299. The van der Waals surface area contributed by atoms with Crippen molar-refractivity contribution in [3.63, 3.8) is 0 Å². The molecule has 10 nitrogen and oxygen atoms in total. The number of nitrogens with one attached hydrogen (secondary N) is 1. The molecule has 138 valence electrons. The van der Waals surface area contributed by atoms with Crippen molar-refractivity contribution in [3.05, 3.63) is 68.3 Å². The molecule has 0 spiro atoms. The molecule has 2 amide bonds. The van der Waals surface area contributed by atoms with Gasteiger partial charge in [-0.15, -0.1) is 0 Å². The number of aryl methyl sites for hydroxylation is 1. The Bertz CT molecular complexity index is 958. The fourth-order valence-corrected chi connectivity index (χ4v) is 2.87. The molecule has 0 saturated heterocycles. The number of carbonyl (C=O) groups is 2. The first kappa shape index (κ1) is 18.0. The van der Waals surface area contributed by atoms with E-state index in [1.54, 1.807) is 0 Å². The topological polar surface area (TPSA) is 136 Å². The van der Waals surface area contributed by atoms with Crippen LogP contribution in [-0.4, -0.2) is 28.2 Å². The zero-order chi connectivity index (χ0) is 19.6. The highest BCUT2D eigenvalue weighted by molar-refractivity contribution is 6.04. The summed E-state index contributed by atoms with van der Waals surface area (Å²) >= 11 is 0. The molecule has 2 aromatic carbocycles. The van der Waals surface area contributed by atoms with Crippen molar-refractivity contribution < 1.29 is 19.4 Å². The van der Waals surface area contributed by atoms with Gasteiger partial charge in [0.2, 0.25) is 11.8 Å². The van der Waals surface area contributed by atoms with Crippen LogP contribution in [0.4, 0.5) is 22.7 Å². The van der Waals surface area contributed by atoms with Crippen LogP contribution in [0.2, 0.25) is 0 Å². The zero-order valence-electron chi connectivity index (χ0n) is 14.0. The second kappa shape index (κ2) is 7.20. The van der Waals surface area contributed by atoms with Gasteiger partial charge in [0.1, 0.15) is 6.54 Å². The van der Waals surface area contributed by atoms with Gasteiger partial charge in [-0.05, 0) is 24.1 Å². The fourth-order valence-electron chi connectivity index (χ4n) is 2.87. The second-order valence-corrected chi connectivity index (χ2v) is 5.91. The van der Waals surface area contributed by atoms with Crippen LogP contribution in [0.15, 0.2) is 42.5 Å². The summed E-state index contributed by atoms with van der Waals surface area (Å²) in [5.41, 5.74) is 1.06. The van der Waals surface area contributed by atoms with Crippen LogP contribution in [0.25, 0.3) is 0 Å². The molecule has 2 aromatic rings. The van der Waals surface area contributed by atoms with Gasteiger partial charge in [-0.25, -0.2) is 0 Å². The minimum Gasteiger partial charge on any atom is -0.324 e. The van der Waals surface area contributed by atoms with Crippen molar-refractivity contribution in [1.29, 1.82) is 0 Å². The third-order valence-electron chi connectivity index (χ3n) is 4.12. The van der Waals surface area contributed by atoms with Gasteiger partial charge in [-0.1, -0.05) is 6.07 Å². The first-order chi connectivity index (χ1) is 12.8. The highest BCUT2D eigenvalue weighted by Crippen LogP contribution is 2.31. The normalized spacial score (nSPS) is 13.0. The highest BCUT2D eigenvalue weighted by Gasteiger charge is 2.27. The van der Waals surface area contributed by atoms with Crippen molar-refractivity contribution in [2.24, 2.45) is 0 Å². The maximum atomic E-state index is 12.3. The molecule has 0 bridgehead atoms. The number of anilines is 2. The molecule has 0 saturated carbocycles. The van der Waals surface area contributed by atoms with Crippen LogP contribution >= 0.6 is 0 Å². The lowest BCUT2D eigenvalue weighted by Crippen LogP contribution is -2.40. The number of non-ortho nitro benzene ring substituents is 2. The van der Waals surface area contributed by atoms with Gasteiger partial charge in [0.25, 0.3) is 11.4 Å². The van der Waals surface area contributed by atoms with E-state index in [9.17, 15) is 29.8 Å². The molecule has 0 radical (unpaired) electrons. The Morgan fingerprint density at radius 1 is 1.04 bits per heavy atom. The summed E-state index contributed by atoms with van der Waals surface area (Å²) in [5.74, 6) is -0.805. The number of benzene rings is 2. The summed E-state index contributed by atoms with van der Waals surface area (Å²) in [6, 6.07) is 9.58. The standard InChI is InChI=1S/C17H14N4O6/c22-16(18-12-2-1-3-13(9-12)20(24)25)10-19-15-6-5-14(21(26)27)8-11(15)4-7-17(19)23/h1-3,5-6,8-9H,4,7,10H2,(H,18,22). The Hall–Kier alpha value is -3.82. The van der Waals surface area contributed by atoms with Crippen molar-refractivity contribution in [2.75, 3.05) is 16.8 Å². The van der Waals surface area contributed by atoms with Crippen molar-refractivity contribution >= 4 is 34.6 Å². The fraction of sp³-hybridized carbons (Fsp3) is 0.176. The molecule has 0 atom stereocenters. The van der Waals surface area contributed by atoms with E-state index in [0.29, 0.717) is 17.7 Å². The number of hydrogen-bond donors (Lipinski definition) is 1. The Balaban J connectivity index is 1.78. The number of nitrogens with zero attached hydrogens (tertiary/aromatic N) is 3. The number of hydrogen-bond acceptors (Lipinski definition) is 6. The van der Waals surface area contributed by atoms with Gasteiger partial charge < -0.3 is 10.2 Å². The molecule has 0 aromatic heterocycles. The first-order valence-corrected chi connectivity index (χ1v) is 7.97. The molecular formula is C17H14N4O6. The molecule has 1 heterocycles. The summed E-state index contributed by atoms with van der Waals surface area (Å²) in [6.07, 6.45) is 0.497. The molecular weight excluding hydrogens is 356 g/mol. The largest absolute Gasteiger partial charge is 0.324 e. The van der Waals surface area contributed by atoms with E-state index in [1.807, 2.05) is 0 Å². The van der Waals surface area contributed by atoms with Gasteiger partial charge in [0, 0.05) is 42.1 Å². The van der Waals surface area contributed by atoms with Gasteiger partial charge >= 0.3 is 0 Å². The Labute approximate surface area is 152 Å². The summed E-state index contributed by atoms with van der Waals surface area (Å²) in [7, 11) is 0. The Kier molecular flexibility index (Phi) is 4.79. The van der Waals surface area contributed by atoms with Crippen LogP contribution in [0.5, 0.6) is 0 Å². The Morgan fingerprint density at radius 2 is 1.74 bits per heavy atom. The van der Waals surface area contributed by atoms with Gasteiger partial charge in [-0.2, -0.15) is 0 Å². The molecule has 1 aliphatic heterocycles. The predicted octanol–water partition coefficient (Wildman–Crippen LogP) is 2.42. The van der Waals surface area contributed by atoms with E-state index >= 15 is 0 Å². The minimum atomic E-state index is -0.576. The summed E-state index contributed by atoms with van der Waals surface area (Å²) in [4.78, 5) is 46.4.